The van der Waals surface area contributed by atoms with Crippen molar-refractivity contribution in [3.05, 3.63) is 5.21 Å². The molecule has 0 saturated carbocycles. The Balaban J connectivity index is 2.37. The quantitative estimate of drug-likeness (QED) is 0.398. The van der Waals surface area contributed by atoms with E-state index < -0.39 is 0 Å². The van der Waals surface area contributed by atoms with Crippen LogP contribution in [0.1, 0.15) is 33.6 Å². The topological polar surface area (TPSA) is 50.9 Å². The fraction of sp³-hybridized carbons (Fsp3) is 1.00. The van der Waals surface area contributed by atoms with Crippen molar-refractivity contribution in [3.63, 3.8) is 0 Å². The zero-order chi connectivity index (χ0) is 10.6. The van der Waals surface area contributed by atoms with E-state index in [4.69, 9.17) is 4.84 Å². The fourth-order valence-electron chi connectivity index (χ4n) is 1.35. The van der Waals surface area contributed by atoms with Crippen molar-refractivity contribution in [2.24, 2.45) is 11.2 Å². The molecule has 0 bridgehead atoms. The summed E-state index contributed by atoms with van der Waals surface area (Å²) in [6.45, 7) is 7.44. The van der Waals surface area contributed by atoms with E-state index in [9.17, 15) is 5.21 Å². The number of hydrogen-bond donors (Lipinski definition) is 0. The van der Waals surface area contributed by atoms with Crippen LogP contribution in [-0.4, -0.2) is 29.2 Å². The summed E-state index contributed by atoms with van der Waals surface area (Å²) in [6, 6.07) is 0. The molecule has 0 aliphatic carbocycles. The van der Waals surface area contributed by atoms with Crippen molar-refractivity contribution in [3.8, 4) is 0 Å². The Bertz CT molecular complexity index is 198. The first-order chi connectivity index (χ1) is 6.59. The molecule has 5 heteroatoms. The summed E-state index contributed by atoms with van der Waals surface area (Å²) in [5.41, 5.74) is 0. The van der Waals surface area contributed by atoms with Gasteiger partial charge in [0.1, 0.15) is 6.10 Å². The van der Waals surface area contributed by atoms with E-state index in [-0.39, 0.29) is 6.10 Å². The van der Waals surface area contributed by atoms with Gasteiger partial charge in [-0.25, -0.2) is 0 Å². The van der Waals surface area contributed by atoms with E-state index >= 15 is 0 Å². The lowest BCUT2D eigenvalue weighted by Gasteiger charge is -2.25. The standard InChI is InChI=1S/C9H19N3O2/c1-8(2)14-10-12(13)11-6-4-9(3)5-7-11/h8-9H,4-7H2,1-3H3/b12-10-. The first-order valence-electron chi connectivity index (χ1n) is 5.18. The largest absolute Gasteiger partial charge is 0.569 e. The van der Waals surface area contributed by atoms with E-state index in [1.54, 1.807) is 5.01 Å². The summed E-state index contributed by atoms with van der Waals surface area (Å²) >= 11 is 0. The van der Waals surface area contributed by atoms with Crippen LogP contribution >= 0.6 is 0 Å². The van der Waals surface area contributed by atoms with E-state index in [0.29, 0.717) is 10.9 Å². The average molecular weight is 201 g/mol. The molecule has 1 aliphatic rings. The molecule has 0 radical (unpaired) electrons. The third kappa shape index (κ3) is 3.40. The van der Waals surface area contributed by atoms with Gasteiger partial charge in [-0.05, 0) is 32.6 Å². The lowest BCUT2D eigenvalue weighted by Crippen LogP contribution is -2.38. The van der Waals surface area contributed by atoms with E-state index in [1.165, 1.54) is 0 Å². The van der Waals surface area contributed by atoms with Gasteiger partial charge in [0.05, 0.1) is 18.1 Å². The van der Waals surface area contributed by atoms with Crippen molar-refractivity contribution in [2.75, 3.05) is 13.1 Å². The van der Waals surface area contributed by atoms with Gasteiger partial charge in [0.25, 0.3) is 0 Å². The molecule has 1 aliphatic heterocycles. The predicted octanol–water partition coefficient (Wildman–Crippen LogP) is 1.94. The summed E-state index contributed by atoms with van der Waals surface area (Å²) in [4.78, 5) is 5.46. The number of hydrazine groups is 1. The highest BCUT2D eigenvalue weighted by atomic mass is 16.7. The number of piperidine rings is 1. The number of hydrogen-bond acceptors (Lipinski definition) is 3. The minimum atomic E-state index is -0.0461. The molecule has 0 spiro atoms. The summed E-state index contributed by atoms with van der Waals surface area (Å²) in [5, 5.41) is 16.5. The molecule has 0 unspecified atom stereocenters. The minimum absolute atomic E-state index is 0.0461. The van der Waals surface area contributed by atoms with Gasteiger partial charge >= 0.3 is 0 Å². The molecule has 0 aromatic heterocycles. The van der Waals surface area contributed by atoms with Crippen LogP contribution in [0.5, 0.6) is 0 Å². The molecule has 1 rings (SSSR count). The SMILES string of the molecule is CC1CCN(/[N+]([O-])=N/OC(C)C)CC1. The third-order valence-corrected chi connectivity index (χ3v) is 2.33. The Morgan fingerprint density at radius 1 is 1.43 bits per heavy atom. The molecule has 0 aromatic rings. The van der Waals surface area contributed by atoms with Gasteiger partial charge in [0.15, 0.2) is 0 Å². The molecule has 5 nitrogen and oxygen atoms in total. The summed E-state index contributed by atoms with van der Waals surface area (Å²) in [7, 11) is 0. The smallest absolute Gasteiger partial charge is 0.233 e. The summed E-state index contributed by atoms with van der Waals surface area (Å²) in [6.07, 6.45) is 2.06. The number of nitrogens with zero attached hydrogens (tertiary/aromatic N) is 3. The zero-order valence-electron chi connectivity index (χ0n) is 9.14. The predicted molar refractivity (Wildman–Crippen MR) is 52.2 cm³/mol. The Morgan fingerprint density at radius 3 is 2.50 bits per heavy atom. The molecule has 82 valence electrons. The van der Waals surface area contributed by atoms with E-state index in [0.717, 1.165) is 25.9 Å². The van der Waals surface area contributed by atoms with Gasteiger partial charge in [-0.2, -0.15) is 0 Å². The first-order valence-corrected chi connectivity index (χ1v) is 5.18. The Morgan fingerprint density at radius 2 is 2.00 bits per heavy atom. The van der Waals surface area contributed by atoms with Gasteiger partial charge in [-0.15, -0.1) is 5.01 Å². The zero-order valence-corrected chi connectivity index (χ0v) is 9.14. The van der Waals surface area contributed by atoms with Crippen molar-refractivity contribution < 1.29 is 9.81 Å². The van der Waals surface area contributed by atoms with Gasteiger partial charge in [0, 0.05) is 0 Å². The van der Waals surface area contributed by atoms with Crippen molar-refractivity contribution in [1.82, 2.24) is 5.01 Å². The Kier molecular flexibility index (Phi) is 3.98. The molecule has 1 saturated heterocycles. The third-order valence-electron chi connectivity index (χ3n) is 2.33. The second kappa shape index (κ2) is 5.02. The van der Waals surface area contributed by atoms with Gasteiger partial charge in [0.2, 0.25) is 5.28 Å². The normalized spacial score (nSPS) is 20.3. The molecule has 0 atom stereocenters. The lowest BCUT2D eigenvalue weighted by molar-refractivity contribution is -0.714. The molecule has 1 heterocycles. The molecular weight excluding hydrogens is 182 g/mol. The highest BCUT2D eigenvalue weighted by Gasteiger charge is 2.21. The summed E-state index contributed by atoms with van der Waals surface area (Å²) in [5.74, 6) is 0.714. The molecule has 0 amide bonds. The maximum absolute atomic E-state index is 11.4. The Labute approximate surface area is 84.9 Å². The second-order valence-electron chi connectivity index (χ2n) is 4.12. The van der Waals surface area contributed by atoms with Crippen molar-refractivity contribution >= 4 is 0 Å². The molecule has 0 N–H and O–H groups in total. The van der Waals surface area contributed by atoms with E-state index in [1.807, 2.05) is 13.8 Å². The summed E-state index contributed by atoms with van der Waals surface area (Å²) < 4.78 is 0. The first kappa shape index (κ1) is 11.1. The van der Waals surface area contributed by atoms with Crippen LogP contribution in [0.25, 0.3) is 0 Å². The molecular formula is C9H19N3O2. The second-order valence-corrected chi connectivity index (χ2v) is 4.12. The van der Waals surface area contributed by atoms with Crippen LogP contribution in [0.4, 0.5) is 0 Å². The fourth-order valence-corrected chi connectivity index (χ4v) is 1.35. The molecule has 14 heavy (non-hydrogen) atoms. The van der Waals surface area contributed by atoms with Crippen LogP contribution in [-0.2, 0) is 4.84 Å². The van der Waals surface area contributed by atoms with Gasteiger partial charge < -0.3 is 10.0 Å². The number of rotatable bonds is 3. The van der Waals surface area contributed by atoms with Crippen molar-refractivity contribution in [1.29, 1.82) is 0 Å². The highest BCUT2D eigenvalue weighted by molar-refractivity contribution is 4.62. The highest BCUT2D eigenvalue weighted by Crippen LogP contribution is 2.15. The minimum Gasteiger partial charge on any atom is -0.569 e. The molecule has 1 fully saturated rings. The van der Waals surface area contributed by atoms with Crippen LogP contribution in [0.15, 0.2) is 5.28 Å². The van der Waals surface area contributed by atoms with Crippen LogP contribution < -0.4 is 0 Å². The Hall–Kier alpha value is -1.00. The van der Waals surface area contributed by atoms with Gasteiger partial charge in [-0.3, -0.25) is 0 Å². The van der Waals surface area contributed by atoms with Crippen LogP contribution in [0.2, 0.25) is 0 Å². The molecule has 0 aromatic carbocycles. The maximum atomic E-state index is 11.4. The average Bonchev–Trinajstić information content (AvgIpc) is 2.15. The lowest BCUT2D eigenvalue weighted by atomic mass is 10.0. The maximum Gasteiger partial charge on any atom is 0.233 e. The van der Waals surface area contributed by atoms with Crippen molar-refractivity contribution in [2.45, 2.75) is 39.7 Å². The van der Waals surface area contributed by atoms with Crippen LogP contribution in [0.3, 0.4) is 0 Å². The van der Waals surface area contributed by atoms with Gasteiger partial charge in [-0.1, -0.05) is 6.92 Å². The monoisotopic (exact) mass is 201 g/mol. The van der Waals surface area contributed by atoms with E-state index in [2.05, 4.69) is 12.2 Å². The van der Waals surface area contributed by atoms with Crippen LogP contribution in [0, 0.1) is 11.1 Å².